The van der Waals surface area contributed by atoms with Crippen LogP contribution in [0.4, 0.5) is 0 Å². The molecule has 1 N–H and O–H groups in total. The topological polar surface area (TPSA) is 37.5 Å². The molecule has 1 aliphatic rings. The highest BCUT2D eigenvalue weighted by Crippen LogP contribution is 2.35. The van der Waals surface area contributed by atoms with E-state index in [0.29, 0.717) is 5.92 Å². The van der Waals surface area contributed by atoms with Crippen LogP contribution < -0.4 is 9.47 Å². The molecule has 2 aromatic carbocycles. The third kappa shape index (κ3) is 4.54. The maximum absolute atomic E-state index is 5.51. The van der Waals surface area contributed by atoms with Gasteiger partial charge in [-0.1, -0.05) is 30.3 Å². The maximum Gasteiger partial charge on any atom is 0.162 e. The molecule has 1 aromatic heterocycles. The SMILES string of the molecule is COc1cc2[nH]c(C)c(CCN3CCC(c4ccccc4)CC3)c2cc1OC.Cl. The number of aromatic nitrogens is 1. The molecule has 29 heavy (non-hydrogen) atoms. The van der Waals surface area contributed by atoms with Gasteiger partial charge in [-0.25, -0.2) is 0 Å². The Morgan fingerprint density at radius 1 is 1.00 bits per heavy atom. The van der Waals surface area contributed by atoms with Crippen molar-refractivity contribution >= 4 is 23.3 Å². The van der Waals surface area contributed by atoms with Crippen LogP contribution in [0.25, 0.3) is 10.9 Å². The molecular formula is C24H31ClN2O2. The first kappa shape index (κ1) is 21.5. The smallest absolute Gasteiger partial charge is 0.162 e. The van der Waals surface area contributed by atoms with Crippen molar-refractivity contribution < 1.29 is 9.47 Å². The van der Waals surface area contributed by atoms with Gasteiger partial charge in [-0.15, -0.1) is 12.4 Å². The predicted octanol–water partition coefficient (Wildman–Crippen LogP) is 5.34. The van der Waals surface area contributed by atoms with Gasteiger partial charge in [0.15, 0.2) is 11.5 Å². The van der Waals surface area contributed by atoms with Crippen LogP contribution in [-0.4, -0.2) is 43.7 Å². The molecule has 3 aromatic rings. The number of methoxy groups -OCH3 is 2. The van der Waals surface area contributed by atoms with E-state index in [9.17, 15) is 0 Å². The number of hydrogen-bond acceptors (Lipinski definition) is 3. The molecule has 1 fully saturated rings. The lowest BCUT2D eigenvalue weighted by atomic mass is 9.89. The number of rotatable bonds is 6. The van der Waals surface area contributed by atoms with Gasteiger partial charge in [-0.05, 0) is 62.4 Å². The number of fused-ring (bicyclic) bond motifs is 1. The van der Waals surface area contributed by atoms with Crippen molar-refractivity contribution in [2.24, 2.45) is 0 Å². The van der Waals surface area contributed by atoms with Crippen molar-refractivity contribution in [3.05, 3.63) is 59.3 Å². The summed E-state index contributed by atoms with van der Waals surface area (Å²) in [7, 11) is 3.37. The summed E-state index contributed by atoms with van der Waals surface area (Å²) in [6, 6.07) is 15.1. The number of H-pyrrole nitrogens is 1. The van der Waals surface area contributed by atoms with Crippen molar-refractivity contribution in [1.82, 2.24) is 9.88 Å². The van der Waals surface area contributed by atoms with Gasteiger partial charge in [-0.3, -0.25) is 0 Å². The fraction of sp³-hybridized carbons (Fsp3) is 0.417. The zero-order valence-corrected chi connectivity index (χ0v) is 18.3. The van der Waals surface area contributed by atoms with E-state index in [2.05, 4.69) is 53.2 Å². The highest BCUT2D eigenvalue weighted by molar-refractivity contribution is 5.88. The molecule has 0 bridgehead atoms. The van der Waals surface area contributed by atoms with Crippen LogP contribution in [-0.2, 0) is 6.42 Å². The van der Waals surface area contributed by atoms with Crippen molar-refractivity contribution in [2.45, 2.75) is 32.1 Å². The number of nitrogens with zero attached hydrogens (tertiary/aromatic N) is 1. The summed E-state index contributed by atoms with van der Waals surface area (Å²) in [5.74, 6) is 2.27. The first-order valence-corrected chi connectivity index (χ1v) is 10.2. The van der Waals surface area contributed by atoms with E-state index in [1.54, 1.807) is 14.2 Å². The molecule has 5 heteroatoms. The Bertz CT molecular complexity index is 931. The number of benzene rings is 2. The van der Waals surface area contributed by atoms with Crippen LogP contribution in [0.5, 0.6) is 11.5 Å². The third-order valence-electron chi connectivity index (χ3n) is 6.16. The third-order valence-corrected chi connectivity index (χ3v) is 6.16. The lowest BCUT2D eigenvalue weighted by molar-refractivity contribution is 0.214. The summed E-state index contributed by atoms with van der Waals surface area (Å²) in [4.78, 5) is 6.12. The number of piperidine rings is 1. The molecule has 1 aliphatic heterocycles. The Hall–Kier alpha value is -2.17. The monoisotopic (exact) mass is 414 g/mol. The van der Waals surface area contributed by atoms with E-state index < -0.39 is 0 Å². The van der Waals surface area contributed by atoms with Crippen molar-refractivity contribution in [2.75, 3.05) is 33.9 Å². The summed E-state index contributed by atoms with van der Waals surface area (Å²) in [6.45, 7) is 5.62. The van der Waals surface area contributed by atoms with Gasteiger partial charge in [0, 0.05) is 29.2 Å². The van der Waals surface area contributed by atoms with E-state index in [1.165, 1.54) is 48.1 Å². The van der Waals surface area contributed by atoms with Gasteiger partial charge < -0.3 is 19.4 Å². The van der Waals surface area contributed by atoms with Gasteiger partial charge in [0.05, 0.1) is 14.2 Å². The molecule has 1 saturated heterocycles. The zero-order valence-electron chi connectivity index (χ0n) is 17.5. The van der Waals surface area contributed by atoms with Crippen LogP contribution in [0.3, 0.4) is 0 Å². The Kier molecular flexibility index (Phi) is 7.09. The van der Waals surface area contributed by atoms with Crippen LogP contribution >= 0.6 is 12.4 Å². The molecule has 0 saturated carbocycles. The Morgan fingerprint density at radius 3 is 2.31 bits per heavy atom. The number of aromatic amines is 1. The minimum atomic E-state index is 0. The molecule has 156 valence electrons. The molecule has 0 radical (unpaired) electrons. The van der Waals surface area contributed by atoms with E-state index in [-0.39, 0.29) is 12.4 Å². The summed E-state index contributed by atoms with van der Waals surface area (Å²) >= 11 is 0. The van der Waals surface area contributed by atoms with Gasteiger partial charge in [0.2, 0.25) is 0 Å². The van der Waals surface area contributed by atoms with E-state index in [1.807, 2.05) is 6.07 Å². The van der Waals surface area contributed by atoms with Gasteiger partial charge in [0.25, 0.3) is 0 Å². The second-order valence-electron chi connectivity index (χ2n) is 7.76. The number of aryl methyl sites for hydroxylation is 1. The summed E-state index contributed by atoms with van der Waals surface area (Å²) in [6.07, 6.45) is 3.56. The van der Waals surface area contributed by atoms with Crippen LogP contribution in [0.2, 0.25) is 0 Å². The Morgan fingerprint density at radius 2 is 1.66 bits per heavy atom. The molecule has 4 nitrogen and oxygen atoms in total. The highest BCUT2D eigenvalue weighted by Gasteiger charge is 2.21. The van der Waals surface area contributed by atoms with Gasteiger partial charge in [-0.2, -0.15) is 0 Å². The quantitative estimate of drug-likeness (QED) is 0.591. The number of ether oxygens (including phenoxy) is 2. The summed E-state index contributed by atoms with van der Waals surface area (Å²) in [5.41, 5.74) is 5.24. The lowest BCUT2D eigenvalue weighted by Gasteiger charge is -2.32. The van der Waals surface area contributed by atoms with Crippen LogP contribution in [0.1, 0.15) is 35.6 Å². The van der Waals surface area contributed by atoms with E-state index in [4.69, 9.17) is 9.47 Å². The predicted molar refractivity (Wildman–Crippen MR) is 122 cm³/mol. The summed E-state index contributed by atoms with van der Waals surface area (Å²) in [5, 5.41) is 1.24. The molecule has 0 amide bonds. The lowest BCUT2D eigenvalue weighted by Crippen LogP contribution is -2.34. The van der Waals surface area contributed by atoms with Crippen molar-refractivity contribution in [3.63, 3.8) is 0 Å². The highest BCUT2D eigenvalue weighted by atomic mass is 35.5. The largest absolute Gasteiger partial charge is 0.493 e. The van der Waals surface area contributed by atoms with Crippen LogP contribution in [0, 0.1) is 6.92 Å². The van der Waals surface area contributed by atoms with Crippen molar-refractivity contribution in [3.8, 4) is 11.5 Å². The standard InChI is InChI=1S/C24H30N2O2.ClH/c1-17-20(21-15-23(27-2)24(28-3)16-22(21)25-17)11-14-26-12-9-19(10-13-26)18-7-5-4-6-8-18;/h4-8,15-16,19,25H,9-14H2,1-3H3;1H. The van der Waals surface area contributed by atoms with E-state index in [0.717, 1.165) is 30.0 Å². The van der Waals surface area contributed by atoms with Gasteiger partial charge in [0.1, 0.15) is 0 Å². The Balaban J connectivity index is 0.00000240. The maximum atomic E-state index is 5.51. The average Bonchev–Trinajstić information content (AvgIpc) is 3.06. The Labute approximate surface area is 179 Å². The zero-order chi connectivity index (χ0) is 19.5. The molecule has 0 atom stereocenters. The average molecular weight is 415 g/mol. The minimum absolute atomic E-state index is 0. The number of halogens is 1. The molecule has 0 aliphatic carbocycles. The van der Waals surface area contributed by atoms with Crippen molar-refractivity contribution in [1.29, 1.82) is 0 Å². The normalized spacial score (nSPS) is 15.3. The van der Waals surface area contributed by atoms with Gasteiger partial charge >= 0.3 is 0 Å². The molecular weight excluding hydrogens is 384 g/mol. The molecule has 4 rings (SSSR count). The fourth-order valence-electron chi connectivity index (χ4n) is 4.52. The molecule has 0 spiro atoms. The minimum Gasteiger partial charge on any atom is -0.493 e. The molecule has 2 heterocycles. The number of nitrogens with one attached hydrogen (secondary N) is 1. The first-order chi connectivity index (χ1) is 13.7. The number of hydrogen-bond donors (Lipinski definition) is 1. The van der Waals surface area contributed by atoms with E-state index >= 15 is 0 Å². The first-order valence-electron chi connectivity index (χ1n) is 10.2. The summed E-state index contributed by atoms with van der Waals surface area (Å²) < 4.78 is 10.9. The number of likely N-dealkylation sites (tertiary alicyclic amines) is 1. The molecule has 0 unspecified atom stereocenters. The fourth-order valence-corrected chi connectivity index (χ4v) is 4.52. The second-order valence-corrected chi connectivity index (χ2v) is 7.76. The van der Waals surface area contributed by atoms with Crippen LogP contribution in [0.15, 0.2) is 42.5 Å². The second kappa shape index (κ2) is 9.55.